The molecule has 112 valence electrons. The van der Waals surface area contributed by atoms with Gasteiger partial charge >= 0.3 is 7.87 Å². The zero-order valence-corrected chi connectivity index (χ0v) is 14.2. The molecule has 2 nitrogen and oxygen atoms in total. The van der Waals surface area contributed by atoms with E-state index in [0.717, 1.165) is 35.5 Å². The summed E-state index contributed by atoms with van der Waals surface area (Å²) in [5, 5.41) is 0. The van der Waals surface area contributed by atoms with Gasteiger partial charge in [-0.1, -0.05) is 23.2 Å². The van der Waals surface area contributed by atoms with Gasteiger partial charge in [-0.05, 0) is 68.6 Å². The summed E-state index contributed by atoms with van der Waals surface area (Å²) < 4.78 is 12.0. The monoisotopic (exact) mass is 312 g/mol. The zero-order chi connectivity index (χ0) is 13.9. The maximum atomic E-state index is 6.91. The third-order valence-corrected chi connectivity index (χ3v) is 10.8. The van der Waals surface area contributed by atoms with Crippen LogP contribution in [0.1, 0.15) is 33.1 Å². The predicted molar refractivity (Wildman–Crippen MR) is 82.5 cm³/mol. The molecule has 4 aliphatic rings. The van der Waals surface area contributed by atoms with E-state index >= 15 is 0 Å². The molecule has 3 fully saturated rings. The third-order valence-electron chi connectivity index (χ3n) is 6.40. The normalized spacial score (nSPS) is 48.2. The van der Waals surface area contributed by atoms with Crippen molar-refractivity contribution in [3.05, 3.63) is 12.2 Å². The van der Waals surface area contributed by atoms with Gasteiger partial charge in [0.2, 0.25) is 0 Å². The molecule has 0 aromatic rings. The molecule has 3 saturated carbocycles. The Morgan fingerprint density at radius 1 is 1.00 bits per heavy atom. The molecule has 0 aliphatic heterocycles. The first kappa shape index (κ1) is 13.8. The Hall–Kier alpha value is 0.167. The van der Waals surface area contributed by atoms with E-state index in [4.69, 9.17) is 19.9 Å². The standard InChI is InChI=1S/C16H25ClO2Si/c1-3-18-20(17,19-4-2)14-9-12-8-13(14)16-11-6-5-10(7-11)15(12)16/h5-6,10-16H,3-4,7-9H2,1-2H3. The predicted octanol–water partition coefficient (Wildman–Crippen LogP) is 4.09. The zero-order valence-electron chi connectivity index (χ0n) is 12.4. The fraction of sp³-hybridized carbons (Fsp3) is 0.875. The number of hydrogen-bond donors (Lipinski definition) is 0. The lowest BCUT2D eigenvalue weighted by molar-refractivity contribution is 0.147. The molecule has 0 heterocycles. The number of rotatable bonds is 5. The summed E-state index contributed by atoms with van der Waals surface area (Å²) in [5.74, 6) is 5.23. The molecular formula is C16H25ClO2Si. The van der Waals surface area contributed by atoms with Gasteiger partial charge in [-0.25, -0.2) is 0 Å². The maximum absolute atomic E-state index is 6.91. The highest BCUT2D eigenvalue weighted by atomic mass is 35.6. The van der Waals surface area contributed by atoms with Crippen molar-refractivity contribution in [2.75, 3.05) is 13.2 Å². The van der Waals surface area contributed by atoms with Crippen LogP contribution in [0.5, 0.6) is 0 Å². The van der Waals surface area contributed by atoms with E-state index < -0.39 is 7.87 Å². The number of allylic oxidation sites excluding steroid dienone is 2. The molecule has 4 aliphatic carbocycles. The highest BCUT2D eigenvalue weighted by molar-refractivity contribution is 7.13. The molecule has 4 heteroatoms. The van der Waals surface area contributed by atoms with Gasteiger partial charge in [-0.2, -0.15) is 0 Å². The lowest BCUT2D eigenvalue weighted by Gasteiger charge is -2.41. The van der Waals surface area contributed by atoms with Crippen LogP contribution in [-0.4, -0.2) is 21.1 Å². The smallest absolute Gasteiger partial charge is 0.383 e. The van der Waals surface area contributed by atoms with Gasteiger partial charge < -0.3 is 8.85 Å². The summed E-state index contributed by atoms with van der Waals surface area (Å²) in [6.45, 7) is 5.45. The molecule has 0 saturated heterocycles. The molecule has 4 rings (SSSR count). The van der Waals surface area contributed by atoms with Crippen LogP contribution >= 0.6 is 11.1 Å². The van der Waals surface area contributed by atoms with Gasteiger partial charge in [-0.3, -0.25) is 0 Å². The molecule has 4 bridgehead atoms. The van der Waals surface area contributed by atoms with Crippen molar-refractivity contribution >= 4 is 18.9 Å². The Bertz CT molecular complexity index is 421. The lowest BCUT2D eigenvalue weighted by Crippen LogP contribution is -2.46. The second kappa shape index (κ2) is 4.84. The molecule has 0 radical (unpaired) electrons. The average molecular weight is 313 g/mol. The largest absolute Gasteiger partial charge is 0.446 e. The number of halogens is 1. The Labute approximate surface area is 127 Å². The van der Waals surface area contributed by atoms with Crippen molar-refractivity contribution in [2.45, 2.75) is 38.7 Å². The first-order valence-electron chi connectivity index (χ1n) is 8.33. The first-order valence-corrected chi connectivity index (χ1v) is 11.2. The summed E-state index contributed by atoms with van der Waals surface area (Å²) in [6.07, 6.45) is 9.05. The molecule has 0 N–H and O–H groups in total. The second-order valence-electron chi connectivity index (χ2n) is 7.05. The molecule has 0 amide bonds. The topological polar surface area (TPSA) is 18.5 Å². The summed E-state index contributed by atoms with van der Waals surface area (Å²) in [6, 6.07) is 0. The minimum absolute atomic E-state index is 0.517. The number of fused-ring (bicyclic) bond motifs is 9. The minimum atomic E-state index is -2.51. The highest BCUT2D eigenvalue weighted by Gasteiger charge is 2.66. The fourth-order valence-corrected chi connectivity index (χ4v) is 10.2. The maximum Gasteiger partial charge on any atom is 0.446 e. The van der Waals surface area contributed by atoms with E-state index in [1.807, 2.05) is 13.8 Å². The fourth-order valence-electron chi connectivity index (χ4n) is 6.06. The molecule has 0 spiro atoms. The van der Waals surface area contributed by atoms with Crippen molar-refractivity contribution in [1.82, 2.24) is 0 Å². The van der Waals surface area contributed by atoms with Crippen LogP contribution < -0.4 is 0 Å². The van der Waals surface area contributed by atoms with Gasteiger partial charge in [0.1, 0.15) is 0 Å². The molecule has 0 aromatic heterocycles. The van der Waals surface area contributed by atoms with Gasteiger partial charge in [0.25, 0.3) is 0 Å². The lowest BCUT2D eigenvalue weighted by atomic mass is 9.73. The Morgan fingerprint density at radius 2 is 1.65 bits per heavy atom. The Kier molecular flexibility index (Phi) is 3.34. The van der Waals surface area contributed by atoms with Crippen molar-refractivity contribution in [3.63, 3.8) is 0 Å². The van der Waals surface area contributed by atoms with Gasteiger partial charge in [0, 0.05) is 18.8 Å². The Morgan fingerprint density at radius 3 is 2.30 bits per heavy atom. The van der Waals surface area contributed by atoms with Crippen LogP contribution in [-0.2, 0) is 8.85 Å². The van der Waals surface area contributed by atoms with Crippen LogP contribution in [0.25, 0.3) is 0 Å². The van der Waals surface area contributed by atoms with Crippen LogP contribution in [0, 0.1) is 35.5 Å². The van der Waals surface area contributed by atoms with E-state index in [0.29, 0.717) is 18.8 Å². The van der Waals surface area contributed by atoms with Crippen LogP contribution in [0.3, 0.4) is 0 Å². The molecule has 20 heavy (non-hydrogen) atoms. The van der Waals surface area contributed by atoms with E-state index in [9.17, 15) is 0 Å². The van der Waals surface area contributed by atoms with Crippen LogP contribution in [0.15, 0.2) is 12.2 Å². The van der Waals surface area contributed by atoms with E-state index in [1.165, 1.54) is 19.3 Å². The molecular weight excluding hydrogens is 288 g/mol. The summed E-state index contributed by atoms with van der Waals surface area (Å²) in [7, 11) is -2.51. The van der Waals surface area contributed by atoms with Gasteiger partial charge in [0.15, 0.2) is 0 Å². The van der Waals surface area contributed by atoms with Crippen LogP contribution in [0.4, 0.5) is 0 Å². The minimum Gasteiger partial charge on any atom is -0.383 e. The van der Waals surface area contributed by atoms with Crippen LogP contribution in [0.2, 0.25) is 5.54 Å². The highest BCUT2D eigenvalue weighted by Crippen LogP contribution is 2.70. The van der Waals surface area contributed by atoms with Gasteiger partial charge in [-0.15, -0.1) is 0 Å². The quantitative estimate of drug-likeness (QED) is 0.329. The molecule has 0 aromatic carbocycles. The summed E-state index contributed by atoms with van der Waals surface area (Å²) in [4.78, 5) is 0. The van der Waals surface area contributed by atoms with Crippen molar-refractivity contribution < 1.29 is 8.85 Å². The SMILES string of the molecule is CCO[Si](Cl)(OCC)C1CC2CC1C1C3C=CC(C3)C21. The van der Waals surface area contributed by atoms with E-state index in [1.54, 1.807) is 0 Å². The second-order valence-corrected chi connectivity index (χ2v) is 11.1. The van der Waals surface area contributed by atoms with E-state index in [-0.39, 0.29) is 0 Å². The summed E-state index contributed by atoms with van der Waals surface area (Å²) in [5.41, 5.74) is 0.517. The molecule has 7 atom stereocenters. The molecule has 7 unspecified atom stereocenters. The first-order chi connectivity index (χ1) is 9.68. The average Bonchev–Trinajstić information content (AvgIpc) is 3.17. The van der Waals surface area contributed by atoms with Crippen molar-refractivity contribution in [2.24, 2.45) is 35.5 Å². The van der Waals surface area contributed by atoms with E-state index in [2.05, 4.69) is 12.2 Å². The summed E-state index contributed by atoms with van der Waals surface area (Å²) >= 11 is 6.91. The third kappa shape index (κ3) is 1.76. The Balaban J connectivity index is 1.59. The van der Waals surface area contributed by atoms with Crippen molar-refractivity contribution in [1.29, 1.82) is 0 Å². The van der Waals surface area contributed by atoms with Gasteiger partial charge in [0.05, 0.1) is 0 Å². The number of hydrogen-bond acceptors (Lipinski definition) is 2. The van der Waals surface area contributed by atoms with Crippen molar-refractivity contribution in [3.8, 4) is 0 Å².